The van der Waals surface area contributed by atoms with Crippen molar-refractivity contribution in [1.29, 1.82) is 0 Å². The number of carbonyl (C=O) groups is 1. The van der Waals surface area contributed by atoms with Gasteiger partial charge in [-0.25, -0.2) is 4.72 Å². The number of ether oxygens (including phenoxy) is 1. The van der Waals surface area contributed by atoms with E-state index in [9.17, 15) is 4.79 Å². The van der Waals surface area contributed by atoms with Gasteiger partial charge in [-0.2, -0.15) is 8.78 Å². The fourth-order valence-electron chi connectivity index (χ4n) is 5.44. The Morgan fingerprint density at radius 3 is 2.22 bits per heavy atom. The molecule has 1 heterocycles. The third-order valence-electron chi connectivity index (χ3n) is 7.92. The van der Waals surface area contributed by atoms with Crippen LogP contribution in [0.5, 0.6) is 5.75 Å². The summed E-state index contributed by atoms with van der Waals surface area (Å²) < 4.78 is 40.9. The Morgan fingerprint density at radius 1 is 0.976 bits per heavy atom. The van der Waals surface area contributed by atoms with Crippen LogP contribution in [0.3, 0.4) is 0 Å². The smallest absolute Gasteiger partial charge is 0.298 e. The first-order valence-corrected chi connectivity index (χ1v) is 15.4. The molecule has 3 aromatic carbocycles. The number of benzene rings is 3. The summed E-state index contributed by atoms with van der Waals surface area (Å²) in [5.41, 5.74) is 7.39. The maximum Gasteiger partial charge on any atom is 0.298 e. The van der Waals surface area contributed by atoms with Crippen molar-refractivity contribution in [3.8, 4) is 16.9 Å². The summed E-state index contributed by atoms with van der Waals surface area (Å²) in [5, 5.41) is 0.602. The van der Waals surface area contributed by atoms with Crippen LogP contribution in [0, 0.1) is 5.92 Å². The number of carbonyl (C=O) groups excluding carboxylic acids is 1. The minimum Gasteiger partial charge on any atom is -0.493 e. The number of rotatable bonds is 10. The van der Waals surface area contributed by atoms with Gasteiger partial charge in [0.1, 0.15) is 5.75 Å². The second-order valence-electron chi connectivity index (χ2n) is 11.0. The highest BCUT2D eigenvalue weighted by Crippen LogP contribution is 2.36. The Morgan fingerprint density at radius 2 is 1.61 bits per heavy atom. The van der Waals surface area contributed by atoms with Crippen molar-refractivity contribution in [2.45, 2.75) is 61.4 Å². The summed E-state index contributed by atoms with van der Waals surface area (Å²) in [6.45, 7) is 1.32. The normalized spacial score (nSPS) is 18.8. The van der Waals surface area contributed by atoms with Crippen molar-refractivity contribution < 1.29 is 18.3 Å². The molecule has 0 bridgehead atoms. The van der Waals surface area contributed by atoms with Crippen LogP contribution in [0.15, 0.2) is 77.7 Å². The van der Waals surface area contributed by atoms with Crippen molar-refractivity contribution in [3.63, 3.8) is 0 Å². The maximum atomic E-state index is 16.1. The van der Waals surface area contributed by atoms with Gasteiger partial charge < -0.3 is 15.4 Å². The number of halogens is 3. The van der Waals surface area contributed by atoms with Gasteiger partial charge in [0, 0.05) is 34.6 Å². The third kappa shape index (κ3) is 7.60. The predicted molar refractivity (Wildman–Crippen MR) is 161 cm³/mol. The molecule has 218 valence electrons. The fraction of sp³-hybridized carbons (Fsp3) is 0.406. The molecule has 3 N–H and O–H groups in total. The highest BCUT2D eigenvalue weighted by Gasteiger charge is 2.48. The summed E-state index contributed by atoms with van der Waals surface area (Å²) in [4.78, 5) is 15.6. The molecule has 2 aliphatic rings. The number of nitrogens with two attached hydrogens (primary N) is 1. The van der Waals surface area contributed by atoms with E-state index in [4.69, 9.17) is 22.1 Å². The van der Waals surface area contributed by atoms with Gasteiger partial charge in [0.25, 0.3) is 5.92 Å². The zero-order valence-corrected chi connectivity index (χ0v) is 24.5. The van der Waals surface area contributed by atoms with Crippen LogP contribution in [-0.2, 0) is 10.7 Å². The van der Waals surface area contributed by atoms with E-state index in [2.05, 4.69) is 4.72 Å². The molecule has 5 nitrogen and oxygen atoms in total. The third-order valence-corrected chi connectivity index (χ3v) is 9.04. The van der Waals surface area contributed by atoms with Crippen LogP contribution in [0.2, 0.25) is 5.02 Å². The van der Waals surface area contributed by atoms with Crippen molar-refractivity contribution in [2.24, 2.45) is 11.7 Å². The van der Waals surface area contributed by atoms with Crippen LogP contribution in [0.4, 0.5) is 8.78 Å². The molecule has 1 aliphatic carbocycles. The molecular weight excluding hydrogens is 564 g/mol. The lowest BCUT2D eigenvalue weighted by molar-refractivity contribution is -0.143. The SMILES string of the molecule is NC1CCN(C(=O)C(NSc2ccc(OCC3CCCCC3)cc2)C(F)(F)c2ccc(-c3ccc(Cl)cc3)cc2)C1. The predicted octanol–water partition coefficient (Wildman–Crippen LogP) is 7.28. The zero-order chi connectivity index (χ0) is 28.8. The van der Waals surface area contributed by atoms with E-state index in [1.807, 2.05) is 36.4 Å². The fourth-order valence-corrected chi connectivity index (χ4v) is 6.34. The van der Waals surface area contributed by atoms with Crippen LogP contribution in [0.1, 0.15) is 44.1 Å². The number of nitrogens with zero attached hydrogens (tertiary/aromatic N) is 1. The summed E-state index contributed by atoms with van der Waals surface area (Å²) in [5.74, 6) is -2.79. The second-order valence-corrected chi connectivity index (χ2v) is 12.3. The average molecular weight is 600 g/mol. The number of likely N-dealkylation sites (tertiary alicyclic amines) is 1. The average Bonchev–Trinajstić information content (AvgIpc) is 3.44. The van der Waals surface area contributed by atoms with Gasteiger partial charge in [-0.05, 0) is 84.7 Å². The Hall–Kier alpha value is -2.65. The molecule has 2 unspecified atom stereocenters. The maximum absolute atomic E-state index is 16.1. The Kier molecular flexibility index (Phi) is 9.86. The molecule has 0 aromatic heterocycles. The zero-order valence-electron chi connectivity index (χ0n) is 22.9. The van der Waals surface area contributed by atoms with Crippen LogP contribution < -0.4 is 15.2 Å². The first-order chi connectivity index (χ1) is 19.8. The summed E-state index contributed by atoms with van der Waals surface area (Å²) in [7, 11) is 0. The molecule has 41 heavy (non-hydrogen) atoms. The highest BCUT2D eigenvalue weighted by atomic mass is 35.5. The minimum atomic E-state index is -3.47. The largest absolute Gasteiger partial charge is 0.493 e. The Bertz CT molecular complexity index is 1290. The molecular formula is C32H36ClF2N3O2S. The molecule has 5 rings (SSSR count). The lowest BCUT2D eigenvalue weighted by Gasteiger charge is -2.30. The Labute approximate surface area is 249 Å². The van der Waals surface area contributed by atoms with Gasteiger partial charge in [-0.15, -0.1) is 0 Å². The van der Waals surface area contributed by atoms with E-state index in [1.54, 1.807) is 24.3 Å². The molecule has 1 aliphatic heterocycles. The van der Waals surface area contributed by atoms with E-state index < -0.39 is 17.9 Å². The number of hydrogen-bond acceptors (Lipinski definition) is 5. The van der Waals surface area contributed by atoms with Gasteiger partial charge in [0.15, 0.2) is 6.04 Å². The molecule has 1 saturated carbocycles. The van der Waals surface area contributed by atoms with E-state index >= 15 is 8.78 Å². The lowest BCUT2D eigenvalue weighted by atomic mass is 9.90. The molecule has 9 heteroatoms. The molecule has 2 fully saturated rings. The molecule has 0 radical (unpaired) electrons. The van der Waals surface area contributed by atoms with E-state index in [1.165, 1.54) is 49.1 Å². The van der Waals surface area contributed by atoms with E-state index in [0.717, 1.165) is 28.8 Å². The van der Waals surface area contributed by atoms with Gasteiger partial charge in [0.05, 0.1) is 6.61 Å². The summed E-state index contributed by atoms with van der Waals surface area (Å²) >= 11 is 7.00. The summed E-state index contributed by atoms with van der Waals surface area (Å²) in [6, 6.07) is 18.6. The molecule has 1 amide bonds. The topological polar surface area (TPSA) is 67.6 Å². The van der Waals surface area contributed by atoms with E-state index in [0.29, 0.717) is 35.4 Å². The van der Waals surface area contributed by atoms with Gasteiger partial charge in [0.2, 0.25) is 5.91 Å². The Balaban J connectivity index is 1.28. The van der Waals surface area contributed by atoms with Crippen LogP contribution in [0.25, 0.3) is 11.1 Å². The lowest BCUT2D eigenvalue weighted by Crippen LogP contribution is -2.52. The molecule has 1 saturated heterocycles. The first-order valence-electron chi connectivity index (χ1n) is 14.2. The number of amides is 1. The second kappa shape index (κ2) is 13.6. The monoisotopic (exact) mass is 599 g/mol. The van der Waals surface area contributed by atoms with Gasteiger partial charge in [-0.3, -0.25) is 4.79 Å². The number of alkyl halides is 2. The standard InChI is InChI=1S/C32H36ClF2N3O2S/c33-26-12-8-24(9-13-26)23-6-10-25(11-7-23)32(34,35)30(31(39)38-19-18-27(36)20-38)37-41-29-16-14-28(15-17-29)40-21-22-4-2-1-3-5-22/h6-17,22,27,30,37H,1-5,18-21,36H2. The molecule has 0 spiro atoms. The number of nitrogens with one attached hydrogen (secondary N) is 1. The highest BCUT2D eigenvalue weighted by molar-refractivity contribution is 7.97. The van der Waals surface area contributed by atoms with Gasteiger partial charge >= 0.3 is 0 Å². The van der Waals surface area contributed by atoms with Crippen LogP contribution in [-0.4, -0.2) is 42.6 Å². The van der Waals surface area contributed by atoms with Crippen molar-refractivity contribution in [3.05, 3.63) is 83.4 Å². The summed E-state index contributed by atoms with van der Waals surface area (Å²) in [6.07, 6.45) is 6.82. The van der Waals surface area contributed by atoms with Gasteiger partial charge in [-0.1, -0.05) is 67.3 Å². The minimum absolute atomic E-state index is 0.208. The van der Waals surface area contributed by atoms with Crippen molar-refractivity contribution >= 4 is 29.5 Å². The van der Waals surface area contributed by atoms with Crippen molar-refractivity contribution in [1.82, 2.24) is 9.62 Å². The number of hydrogen-bond donors (Lipinski definition) is 2. The van der Waals surface area contributed by atoms with Crippen molar-refractivity contribution in [2.75, 3.05) is 19.7 Å². The molecule has 2 atom stereocenters. The van der Waals surface area contributed by atoms with Crippen LogP contribution >= 0.6 is 23.5 Å². The quantitative estimate of drug-likeness (QED) is 0.240. The first kappa shape index (κ1) is 29.8. The van der Waals surface area contributed by atoms with E-state index in [-0.39, 0.29) is 18.2 Å². The molecule has 3 aromatic rings.